The molecule has 2 amide bonds. The summed E-state index contributed by atoms with van der Waals surface area (Å²) in [6, 6.07) is 13.8. The lowest BCUT2D eigenvalue weighted by molar-refractivity contribution is -0.121. The molecule has 1 heterocycles. The topological polar surface area (TPSA) is 69.6 Å². The standard InChI is InChI=1S/C20H21ClN2O3/c21-15-7-5-14(6-8-15)13-19(25)22-16-9-11-23(12-10-16)20(26)17-3-1-2-4-18(17)24/h1-8,16,24H,9-13H2,(H,22,25). The molecule has 2 N–H and O–H groups in total. The van der Waals surface area contributed by atoms with Gasteiger partial charge in [0, 0.05) is 24.2 Å². The van der Waals surface area contributed by atoms with E-state index in [9.17, 15) is 14.7 Å². The van der Waals surface area contributed by atoms with Crippen molar-refractivity contribution in [1.29, 1.82) is 0 Å². The van der Waals surface area contributed by atoms with Gasteiger partial charge in [0.2, 0.25) is 5.91 Å². The van der Waals surface area contributed by atoms with Crippen LogP contribution in [0.3, 0.4) is 0 Å². The summed E-state index contributed by atoms with van der Waals surface area (Å²) >= 11 is 5.85. The predicted octanol–water partition coefficient (Wildman–Crippen LogP) is 3.01. The van der Waals surface area contributed by atoms with Crippen LogP contribution in [-0.2, 0) is 11.2 Å². The quantitative estimate of drug-likeness (QED) is 0.866. The molecule has 1 saturated heterocycles. The summed E-state index contributed by atoms with van der Waals surface area (Å²) in [6.45, 7) is 1.11. The maximum absolute atomic E-state index is 12.5. The van der Waals surface area contributed by atoms with Gasteiger partial charge in [-0.3, -0.25) is 9.59 Å². The lowest BCUT2D eigenvalue weighted by atomic mass is 10.0. The molecule has 0 unspecified atom stereocenters. The van der Waals surface area contributed by atoms with Gasteiger partial charge in [-0.05, 0) is 42.7 Å². The Morgan fingerprint density at radius 2 is 1.73 bits per heavy atom. The van der Waals surface area contributed by atoms with Gasteiger partial charge in [-0.1, -0.05) is 35.9 Å². The van der Waals surface area contributed by atoms with Crippen molar-refractivity contribution in [3.05, 3.63) is 64.7 Å². The van der Waals surface area contributed by atoms with Gasteiger partial charge in [0.25, 0.3) is 5.91 Å². The Kier molecular flexibility index (Phi) is 5.78. The van der Waals surface area contributed by atoms with Gasteiger partial charge < -0.3 is 15.3 Å². The molecular weight excluding hydrogens is 352 g/mol. The lowest BCUT2D eigenvalue weighted by Gasteiger charge is -2.32. The Morgan fingerprint density at radius 3 is 2.38 bits per heavy atom. The molecule has 2 aromatic carbocycles. The van der Waals surface area contributed by atoms with Crippen LogP contribution in [0, 0.1) is 0 Å². The maximum Gasteiger partial charge on any atom is 0.257 e. The van der Waals surface area contributed by atoms with E-state index < -0.39 is 0 Å². The van der Waals surface area contributed by atoms with Crippen LogP contribution in [0.4, 0.5) is 0 Å². The highest BCUT2D eigenvalue weighted by Gasteiger charge is 2.25. The van der Waals surface area contributed by atoms with Crippen LogP contribution < -0.4 is 5.32 Å². The van der Waals surface area contributed by atoms with Crippen LogP contribution in [0.2, 0.25) is 5.02 Å². The van der Waals surface area contributed by atoms with Gasteiger partial charge in [0.05, 0.1) is 12.0 Å². The maximum atomic E-state index is 12.5. The molecule has 1 fully saturated rings. The first-order valence-electron chi connectivity index (χ1n) is 8.64. The van der Waals surface area contributed by atoms with Crippen molar-refractivity contribution in [2.24, 2.45) is 0 Å². The van der Waals surface area contributed by atoms with Crippen molar-refractivity contribution in [1.82, 2.24) is 10.2 Å². The summed E-state index contributed by atoms with van der Waals surface area (Å²) in [4.78, 5) is 26.4. The number of aromatic hydroxyl groups is 1. The second-order valence-corrected chi connectivity index (χ2v) is 6.89. The minimum atomic E-state index is -0.172. The second-order valence-electron chi connectivity index (χ2n) is 6.45. The van der Waals surface area contributed by atoms with Crippen molar-refractivity contribution >= 4 is 23.4 Å². The number of carbonyl (C=O) groups is 2. The molecule has 5 nitrogen and oxygen atoms in total. The van der Waals surface area contributed by atoms with Gasteiger partial charge in [0.15, 0.2) is 0 Å². The van der Waals surface area contributed by atoms with E-state index >= 15 is 0 Å². The number of piperidine rings is 1. The summed E-state index contributed by atoms with van der Waals surface area (Å²) in [5.41, 5.74) is 1.23. The number of para-hydroxylation sites is 1. The normalized spacial score (nSPS) is 14.9. The number of nitrogens with zero attached hydrogens (tertiary/aromatic N) is 1. The molecule has 0 radical (unpaired) electrons. The third-order valence-corrected chi connectivity index (χ3v) is 4.81. The summed E-state index contributed by atoms with van der Waals surface area (Å²) in [6.07, 6.45) is 1.71. The Hall–Kier alpha value is -2.53. The molecule has 1 aliphatic heterocycles. The molecule has 136 valence electrons. The minimum Gasteiger partial charge on any atom is -0.507 e. The highest BCUT2D eigenvalue weighted by Crippen LogP contribution is 2.20. The van der Waals surface area contributed by atoms with E-state index in [1.807, 2.05) is 12.1 Å². The number of hydrogen-bond acceptors (Lipinski definition) is 3. The van der Waals surface area contributed by atoms with E-state index in [4.69, 9.17) is 11.6 Å². The van der Waals surface area contributed by atoms with Crippen molar-refractivity contribution in [3.8, 4) is 5.75 Å². The monoisotopic (exact) mass is 372 g/mol. The van der Waals surface area contributed by atoms with Gasteiger partial charge >= 0.3 is 0 Å². The third-order valence-electron chi connectivity index (χ3n) is 4.56. The van der Waals surface area contributed by atoms with Crippen LogP contribution in [-0.4, -0.2) is 41.0 Å². The fraction of sp³-hybridized carbons (Fsp3) is 0.300. The number of rotatable bonds is 4. The molecule has 0 spiro atoms. The highest BCUT2D eigenvalue weighted by molar-refractivity contribution is 6.30. The zero-order chi connectivity index (χ0) is 18.5. The van der Waals surface area contributed by atoms with E-state index in [-0.39, 0.29) is 23.6 Å². The molecule has 1 aliphatic rings. The van der Waals surface area contributed by atoms with Crippen LogP contribution >= 0.6 is 11.6 Å². The largest absolute Gasteiger partial charge is 0.507 e. The average molecular weight is 373 g/mol. The molecule has 0 aromatic heterocycles. The van der Waals surface area contributed by atoms with Gasteiger partial charge in [-0.2, -0.15) is 0 Å². The fourth-order valence-electron chi connectivity index (χ4n) is 3.12. The number of likely N-dealkylation sites (tertiary alicyclic amines) is 1. The smallest absolute Gasteiger partial charge is 0.257 e. The average Bonchev–Trinajstić information content (AvgIpc) is 2.64. The summed E-state index contributed by atoms with van der Waals surface area (Å²) in [5, 5.41) is 13.5. The molecular formula is C20H21ClN2O3. The summed E-state index contributed by atoms with van der Waals surface area (Å²) < 4.78 is 0. The van der Waals surface area contributed by atoms with Crippen LogP contribution in [0.15, 0.2) is 48.5 Å². The fourth-order valence-corrected chi connectivity index (χ4v) is 3.24. The lowest BCUT2D eigenvalue weighted by Crippen LogP contribution is -2.46. The van der Waals surface area contributed by atoms with Gasteiger partial charge in [-0.15, -0.1) is 0 Å². The molecule has 6 heteroatoms. The third kappa shape index (κ3) is 4.55. The Bertz CT molecular complexity index is 784. The highest BCUT2D eigenvalue weighted by atomic mass is 35.5. The zero-order valence-corrected chi connectivity index (χ0v) is 15.1. The molecule has 0 atom stereocenters. The molecule has 2 aromatic rings. The van der Waals surface area contributed by atoms with E-state index in [2.05, 4.69) is 5.32 Å². The first kappa shape index (κ1) is 18.3. The van der Waals surface area contributed by atoms with Crippen molar-refractivity contribution in [3.63, 3.8) is 0 Å². The van der Waals surface area contributed by atoms with E-state index in [1.165, 1.54) is 6.07 Å². The Morgan fingerprint density at radius 1 is 1.08 bits per heavy atom. The number of phenolic OH excluding ortho intramolecular Hbond substituents is 1. The van der Waals surface area contributed by atoms with E-state index in [1.54, 1.807) is 35.2 Å². The zero-order valence-electron chi connectivity index (χ0n) is 14.3. The van der Waals surface area contributed by atoms with Crippen LogP contribution in [0.25, 0.3) is 0 Å². The Balaban J connectivity index is 1.49. The second kappa shape index (κ2) is 8.23. The Labute approximate surface area is 157 Å². The number of nitrogens with one attached hydrogen (secondary N) is 1. The van der Waals surface area contributed by atoms with Crippen molar-refractivity contribution in [2.45, 2.75) is 25.3 Å². The van der Waals surface area contributed by atoms with Gasteiger partial charge in [-0.25, -0.2) is 0 Å². The predicted molar refractivity (Wildman–Crippen MR) is 100 cm³/mol. The van der Waals surface area contributed by atoms with Gasteiger partial charge in [0.1, 0.15) is 5.75 Å². The summed E-state index contributed by atoms with van der Waals surface area (Å²) in [5.74, 6) is -0.206. The molecule has 0 bridgehead atoms. The van der Waals surface area contributed by atoms with Crippen LogP contribution in [0.1, 0.15) is 28.8 Å². The minimum absolute atomic E-state index is 0.00380. The SMILES string of the molecule is O=C(Cc1ccc(Cl)cc1)NC1CCN(C(=O)c2ccccc2O)CC1. The molecule has 3 rings (SSSR count). The van der Waals surface area contributed by atoms with E-state index in [0.29, 0.717) is 42.9 Å². The number of benzene rings is 2. The number of amides is 2. The number of phenols is 1. The number of carbonyl (C=O) groups excluding carboxylic acids is 2. The number of hydrogen-bond donors (Lipinski definition) is 2. The molecule has 0 aliphatic carbocycles. The van der Waals surface area contributed by atoms with Crippen LogP contribution in [0.5, 0.6) is 5.75 Å². The molecule has 0 saturated carbocycles. The van der Waals surface area contributed by atoms with Crippen molar-refractivity contribution in [2.75, 3.05) is 13.1 Å². The number of halogens is 1. The first-order chi connectivity index (χ1) is 12.5. The molecule has 26 heavy (non-hydrogen) atoms. The van der Waals surface area contributed by atoms with E-state index in [0.717, 1.165) is 5.56 Å². The van der Waals surface area contributed by atoms with Crippen molar-refractivity contribution < 1.29 is 14.7 Å². The first-order valence-corrected chi connectivity index (χ1v) is 9.02. The summed E-state index contributed by atoms with van der Waals surface area (Å²) in [7, 11) is 0.